The molecule has 0 aliphatic carbocycles. The van der Waals surface area contributed by atoms with Crippen molar-refractivity contribution in [2.75, 3.05) is 17.2 Å². The monoisotopic (exact) mass is 642 g/mol. The molecule has 4 aromatic rings. The minimum Gasteiger partial charge on any atom is -0.406 e. The first-order valence-corrected chi connectivity index (χ1v) is 14.8. The lowest BCUT2D eigenvalue weighted by atomic mass is 10.0. The van der Waals surface area contributed by atoms with E-state index < -0.39 is 12.4 Å². The van der Waals surface area contributed by atoms with E-state index in [1.54, 1.807) is 12.1 Å². The highest BCUT2D eigenvalue weighted by Crippen LogP contribution is 2.35. The van der Waals surface area contributed by atoms with Crippen LogP contribution in [0.4, 0.5) is 23.7 Å². The zero-order valence-electron chi connectivity index (χ0n) is 23.5. The molecule has 1 fully saturated rings. The van der Waals surface area contributed by atoms with Crippen LogP contribution in [0.2, 0.25) is 5.02 Å². The summed E-state index contributed by atoms with van der Waals surface area (Å²) < 4.78 is 42.5. The zero-order chi connectivity index (χ0) is 31.4. The van der Waals surface area contributed by atoms with Gasteiger partial charge in [0, 0.05) is 17.1 Å². The highest BCUT2D eigenvalue weighted by atomic mass is 35.5. The quantitative estimate of drug-likeness (QED) is 0.222. The van der Waals surface area contributed by atoms with Crippen molar-refractivity contribution in [1.29, 1.82) is 0 Å². The summed E-state index contributed by atoms with van der Waals surface area (Å²) in [6, 6.07) is 17.6. The number of hydrogen-bond donors (Lipinski definition) is 1. The first-order valence-electron chi connectivity index (χ1n) is 13.5. The minimum atomic E-state index is -4.76. The van der Waals surface area contributed by atoms with Crippen molar-refractivity contribution in [3.8, 4) is 22.8 Å². The molecular formula is C30H26ClF3N6O3S. The van der Waals surface area contributed by atoms with Gasteiger partial charge < -0.3 is 10.1 Å². The number of rotatable bonds is 8. The standard InChI is InChI=1S/C30H26ClF3N6O3S/c1-18(2)24-12-7-21(31)15-25(24)40-26(41)16-44-29(40)37-28(42)35-14-13-19-3-5-20(6-4-19)27-36-17-39(38-27)22-8-10-23(11-9-22)43-30(32,33)34/h3-12,15,17-18H,13-14,16H2,1-2H3,(H,35,42)/b37-29-. The average molecular weight is 643 g/mol. The van der Waals surface area contributed by atoms with Gasteiger partial charge in [-0.1, -0.05) is 67.5 Å². The Kier molecular flexibility index (Phi) is 9.25. The number of amidine groups is 1. The van der Waals surface area contributed by atoms with Crippen LogP contribution in [0.25, 0.3) is 17.1 Å². The topological polar surface area (TPSA) is 102 Å². The van der Waals surface area contributed by atoms with Crippen LogP contribution in [-0.2, 0) is 11.2 Å². The van der Waals surface area contributed by atoms with E-state index in [1.165, 1.54) is 51.9 Å². The van der Waals surface area contributed by atoms with E-state index >= 15 is 0 Å². The van der Waals surface area contributed by atoms with Gasteiger partial charge in [-0.3, -0.25) is 9.69 Å². The smallest absolute Gasteiger partial charge is 0.406 e. The van der Waals surface area contributed by atoms with Gasteiger partial charge in [-0.05, 0) is 59.9 Å². The van der Waals surface area contributed by atoms with Crippen molar-refractivity contribution in [1.82, 2.24) is 20.1 Å². The molecule has 228 valence electrons. The van der Waals surface area contributed by atoms with Crippen molar-refractivity contribution >= 4 is 46.2 Å². The minimum absolute atomic E-state index is 0.135. The second-order valence-electron chi connectivity index (χ2n) is 10.0. The van der Waals surface area contributed by atoms with Gasteiger partial charge in [-0.2, -0.15) is 4.99 Å². The molecule has 3 amide bonds. The Morgan fingerprint density at radius 2 is 1.84 bits per heavy atom. The molecule has 2 heterocycles. The molecule has 44 heavy (non-hydrogen) atoms. The summed E-state index contributed by atoms with van der Waals surface area (Å²) in [5.74, 6) is 0.256. The number of nitrogens with zero attached hydrogens (tertiary/aromatic N) is 5. The van der Waals surface area contributed by atoms with Crippen LogP contribution in [0, 0.1) is 0 Å². The molecule has 5 rings (SSSR count). The summed E-state index contributed by atoms with van der Waals surface area (Å²) >= 11 is 7.42. The Labute approximate surface area is 260 Å². The average Bonchev–Trinajstić information content (AvgIpc) is 3.60. The number of nitrogens with one attached hydrogen (secondary N) is 1. The van der Waals surface area contributed by atoms with E-state index in [0.29, 0.717) is 40.4 Å². The fourth-order valence-corrected chi connectivity index (χ4v) is 5.49. The fraction of sp³-hybridized carbons (Fsp3) is 0.233. The number of benzene rings is 3. The summed E-state index contributed by atoms with van der Waals surface area (Å²) in [7, 11) is 0. The van der Waals surface area contributed by atoms with Crippen molar-refractivity contribution in [3.63, 3.8) is 0 Å². The van der Waals surface area contributed by atoms with E-state index in [2.05, 4.69) is 25.1 Å². The first-order chi connectivity index (χ1) is 21.0. The van der Waals surface area contributed by atoms with Gasteiger partial charge in [-0.25, -0.2) is 14.5 Å². The van der Waals surface area contributed by atoms with Gasteiger partial charge in [0.15, 0.2) is 11.0 Å². The number of aromatic nitrogens is 3. The molecule has 0 atom stereocenters. The summed E-state index contributed by atoms with van der Waals surface area (Å²) in [6.45, 7) is 4.35. The lowest BCUT2D eigenvalue weighted by molar-refractivity contribution is -0.274. The van der Waals surface area contributed by atoms with Gasteiger partial charge >= 0.3 is 12.4 Å². The zero-order valence-corrected chi connectivity index (χ0v) is 25.1. The third kappa shape index (κ3) is 7.58. The van der Waals surface area contributed by atoms with Crippen LogP contribution < -0.4 is 15.0 Å². The van der Waals surface area contributed by atoms with Crippen molar-refractivity contribution in [3.05, 3.63) is 89.2 Å². The first kappa shape index (κ1) is 31.1. The van der Waals surface area contributed by atoms with Crippen molar-refractivity contribution in [2.24, 2.45) is 4.99 Å². The third-order valence-corrected chi connectivity index (χ3v) is 7.71. The maximum absolute atomic E-state index is 12.7. The van der Waals surface area contributed by atoms with Crippen LogP contribution in [0.5, 0.6) is 5.75 Å². The normalized spacial score (nSPS) is 14.5. The number of amides is 3. The number of ether oxygens (including phenoxy) is 1. The van der Waals surface area contributed by atoms with E-state index in [4.69, 9.17) is 11.6 Å². The fourth-order valence-electron chi connectivity index (χ4n) is 4.46. The Morgan fingerprint density at radius 3 is 2.52 bits per heavy atom. The highest BCUT2D eigenvalue weighted by molar-refractivity contribution is 8.15. The van der Waals surface area contributed by atoms with Gasteiger partial charge in [0.05, 0.1) is 17.1 Å². The van der Waals surface area contributed by atoms with Crippen LogP contribution in [0.15, 0.2) is 78.0 Å². The van der Waals surface area contributed by atoms with E-state index in [-0.39, 0.29) is 23.3 Å². The largest absolute Gasteiger partial charge is 0.573 e. The number of alkyl halides is 3. The summed E-state index contributed by atoms with van der Waals surface area (Å²) in [5, 5.41) is 7.97. The lowest BCUT2D eigenvalue weighted by Crippen LogP contribution is -2.32. The maximum Gasteiger partial charge on any atom is 0.573 e. The summed E-state index contributed by atoms with van der Waals surface area (Å²) in [5.41, 5.74) is 3.77. The second kappa shape index (κ2) is 13.1. The number of urea groups is 1. The molecule has 0 radical (unpaired) electrons. The van der Waals surface area contributed by atoms with Crippen molar-refractivity contribution in [2.45, 2.75) is 32.5 Å². The van der Waals surface area contributed by atoms with Crippen molar-refractivity contribution < 1.29 is 27.5 Å². The molecule has 1 aromatic heterocycles. The highest BCUT2D eigenvalue weighted by Gasteiger charge is 2.33. The molecule has 0 spiro atoms. The number of anilines is 1. The van der Waals surface area contributed by atoms with Gasteiger partial charge in [0.1, 0.15) is 12.1 Å². The second-order valence-corrected chi connectivity index (χ2v) is 11.4. The molecule has 9 nitrogen and oxygen atoms in total. The van der Waals surface area contributed by atoms with Gasteiger partial charge in [0.25, 0.3) is 0 Å². The summed E-state index contributed by atoms with van der Waals surface area (Å²) in [4.78, 5) is 35.3. The molecule has 0 bridgehead atoms. The van der Waals surface area contributed by atoms with Crippen LogP contribution >= 0.6 is 23.4 Å². The Hall–Kier alpha value is -4.36. The Balaban J connectivity index is 1.17. The number of carbonyl (C=O) groups is 2. The number of aliphatic imine (C=N–C) groups is 1. The van der Waals surface area contributed by atoms with Gasteiger partial charge in [0.2, 0.25) is 5.91 Å². The molecule has 1 aliphatic heterocycles. The Bertz CT molecular complexity index is 1690. The van der Waals surface area contributed by atoms with Crippen LogP contribution in [0.3, 0.4) is 0 Å². The number of thioether (sulfide) groups is 1. The van der Waals surface area contributed by atoms with Crippen LogP contribution in [-0.4, -0.2) is 50.5 Å². The number of carbonyl (C=O) groups excluding carboxylic acids is 2. The molecule has 14 heteroatoms. The Morgan fingerprint density at radius 1 is 1.11 bits per heavy atom. The third-order valence-electron chi connectivity index (χ3n) is 6.55. The molecule has 1 aliphatic rings. The maximum atomic E-state index is 12.7. The predicted molar refractivity (Wildman–Crippen MR) is 164 cm³/mol. The summed E-state index contributed by atoms with van der Waals surface area (Å²) in [6.07, 6.45) is -2.76. The molecule has 1 saturated heterocycles. The number of hydrogen-bond acceptors (Lipinski definition) is 6. The molecule has 3 aromatic carbocycles. The number of halogens is 4. The van der Waals surface area contributed by atoms with E-state index in [0.717, 1.165) is 16.7 Å². The SMILES string of the molecule is CC(C)c1ccc(Cl)cc1N1C(=O)CS/C1=N\C(=O)NCCc1ccc(-c2ncn(-c3ccc(OC(F)(F)F)cc3)n2)cc1. The van der Waals surface area contributed by atoms with E-state index in [9.17, 15) is 22.8 Å². The van der Waals surface area contributed by atoms with E-state index in [1.807, 2.05) is 44.2 Å². The molecular weight excluding hydrogens is 617 g/mol. The molecule has 0 saturated carbocycles. The molecule has 0 unspecified atom stereocenters. The lowest BCUT2D eigenvalue weighted by Gasteiger charge is -2.21. The van der Waals surface area contributed by atoms with Crippen LogP contribution in [0.1, 0.15) is 30.9 Å². The molecule has 1 N–H and O–H groups in total. The van der Waals surface area contributed by atoms with Gasteiger partial charge in [-0.15, -0.1) is 18.3 Å². The predicted octanol–water partition coefficient (Wildman–Crippen LogP) is 7.00.